The summed E-state index contributed by atoms with van der Waals surface area (Å²) in [6, 6.07) is 17.2. The van der Waals surface area contributed by atoms with Crippen LogP contribution in [0.5, 0.6) is 0 Å². The lowest BCUT2D eigenvalue weighted by molar-refractivity contribution is 0.0951. The molecular weight excluding hydrogens is 264 g/mol. The van der Waals surface area contributed by atoms with Gasteiger partial charge in [-0.3, -0.25) is 9.48 Å². The molecule has 104 valence electrons. The molecule has 1 amide bonds. The van der Waals surface area contributed by atoms with Gasteiger partial charge >= 0.3 is 0 Å². The topological polar surface area (TPSA) is 59.3 Å². The molecule has 1 N–H and O–H groups in total. The predicted octanol–water partition coefficient (Wildman–Crippen LogP) is 2.34. The Labute approximate surface area is 121 Å². The van der Waals surface area contributed by atoms with E-state index in [0.717, 1.165) is 16.5 Å². The monoisotopic (exact) mass is 278 g/mol. The highest BCUT2D eigenvalue weighted by atomic mass is 16.2. The molecule has 5 heteroatoms. The third-order valence-electron chi connectivity index (χ3n) is 3.15. The summed E-state index contributed by atoms with van der Waals surface area (Å²) in [5.74, 6) is -0.320. The van der Waals surface area contributed by atoms with Gasteiger partial charge in [0.15, 0.2) is 5.69 Å². The number of amides is 1. The van der Waals surface area contributed by atoms with Crippen LogP contribution in [0, 0.1) is 0 Å². The Morgan fingerprint density at radius 3 is 2.67 bits per heavy atom. The minimum Gasteiger partial charge on any atom is -0.267 e. The van der Waals surface area contributed by atoms with Gasteiger partial charge in [0.05, 0.1) is 11.7 Å². The second kappa shape index (κ2) is 5.58. The molecule has 3 aromatic rings. The number of para-hydroxylation sites is 1. The summed E-state index contributed by atoms with van der Waals surface area (Å²) >= 11 is 0. The Hall–Kier alpha value is -2.95. The number of carbonyl (C=O) groups excluding carboxylic acids is 1. The Bertz CT molecular complexity index is 806. The molecular formula is C16H14N4O. The zero-order chi connectivity index (χ0) is 14.7. The molecule has 0 aliphatic carbocycles. The van der Waals surface area contributed by atoms with Gasteiger partial charge < -0.3 is 0 Å². The molecule has 1 heterocycles. The standard InChI is InChI=1S/C16H14N4O/c1-20-14-10-6-5-9-13(14)15(19-20)16(21)18-17-11-12-7-3-2-4-8-12/h2-11H,1H3,(H,18,21)/b17-11+. The van der Waals surface area contributed by atoms with Crippen molar-refractivity contribution in [3.05, 3.63) is 65.9 Å². The van der Waals surface area contributed by atoms with Gasteiger partial charge in [0, 0.05) is 12.4 Å². The van der Waals surface area contributed by atoms with Crippen LogP contribution in [0.4, 0.5) is 0 Å². The highest BCUT2D eigenvalue weighted by Crippen LogP contribution is 2.17. The Balaban J connectivity index is 1.80. The summed E-state index contributed by atoms with van der Waals surface area (Å²) in [6.07, 6.45) is 1.60. The molecule has 0 fully saturated rings. The van der Waals surface area contributed by atoms with Crippen LogP contribution in [0.15, 0.2) is 59.7 Å². The number of carbonyl (C=O) groups is 1. The van der Waals surface area contributed by atoms with Crippen molar-refractivity contribution in [2.24, 2.45) is 12.1 Å². The number of benzene rings is 2. The number of nitrogens with zero attached hydrogens (tertiary/aromatic N) is 3. The first-order valence-electron chi connectivity index (χ1n) is 6.56. The van der Waals surface area contributed by atoms with Crippen LogP contribution in [0.3, 0.4) is 0 Å². The Kier molecular flexibility index (Phi) is 3.47. The van der Waals surface area contributed by atoms with Crippen molar-refractivity contribution in [1.29, 1.82) is 0 Å². The third-order valence-corrected chi connectivity index (χ3v) is 3.15. The number of fused-ring (bicyclic) bond motifs is 1. The van der Waals surface area contributed by atoms with Crippen molar-refractivity contribution < 1.29 is 4.79 Å². The fraction of sp³-hybridized carbons (Fsp3) is 0.0625. The van der Waals surface area contributed by atoms with Crippen LogP contribution in [-0.4, -0.2) is 21.9 Å². The second-order valence-corrected chi connectivity index (χ2v) is 4.60. The molecule has 0 saturated heterocycles. The van der Waals surface area contributed by atoms with Crippen LogP contribution >= 0.6 is 0 Å². The van der Waals surface area contributed by atoms with Crippen LogP contribution in [0.25, 0.3) is 10.9 Å². The van der Waals surface area contributed by atoms with Crippen LogP contribution < -0.4 is 5.43 Å². The number of hydrazone groups is 1. The maximum atomic E-state index is 12.2. The largest absolute Gasteiger partial charge is 0.292 e. The van der Waals surface area contributed by atoms with E-state index in [-0.39, 0.29) is 5.91 Å². The van der Waals surface area contributed by atoms with Gasteiger partial charge in [0.1, 0.15) is 0 Å². The van der Waals surface area contributed by atoms with Crippen LogP contribution in [0.1, 0.15) is 16.1 Å². The van der Waals surface area contributed by atoms with Gasteiger partial charge in [-0.25, -0.2) is 5.43 Å². The number of aryl methyl sites for hydroxylation is 1. The number of hydrogen-bond acceptors (Lipinski definition) is 3. The zero-order valence-electron chi connectivity index (χ0n) is 11.5. The van der Waals surface area contributed by atoms with Crippen molar-refractivity contribution in [3.63, 3.8) is 0 Å². The van der Waals surface area contributed by atoms with Crippen molar-refractivity contribution in [2.45, 2.75) is 0 Å². The van der Waals surface area contributed by atoms with E-state index in [4.69, 9.17) is 0 Å². The zero-order valence-corrected chi connectivity index (χ0v) is 11.5. The molecule has 0 atom stereocenters. The minimum atomic E-state index is -0.320. The molecule has 0 aliphatic rings. The first-order chi connectivity index (χ1) is 10.3. The molecule has 0 aliphatic heterocycles. The van der Waals surface area contributed by atoms with Gasteiger partial charge in [-0.2, -0.15) is 10.2 Å². The van der Waals surface area contributed by atoms with Crippen LogP contribution in [-0.2, 0) is 7.05 Å². The van der Waals surface area contributed by atoms with E-state index >= 15 is 0 Å². The molecule has 0 bridgehead atoms. The normalized spacial score (nSPS) is 11.1. The third kappa shape index (κ3) is 2.67. The van der Waals surface area contributed by atoms with E-state index < -0.39 is 0 Å². The summed E-state index contributed by atoms with van der Waals surface area (Å²) in [6.45, 7) is 0. The molecule has 0 unspecified atom stereocenters. The van der Waals surface area contributed by atoms with Crippen molar-refractivity contribution in [1.82, 2.24) is 15.2 Å². The number of nitrogens with one attached hydrogen (secondary N) is 1. The Morgan fingerprint density at radius 1 is 1.14 bits per heavy atom. The number of hydrogen-bond donors (Lipinski definition) is 1. The molecule has 0 spiro atoms. The molecule has 3 rings (SSSR count). The van der Waals surface area contributed by atoms with Gasteiger partial charge in [-0.15, -0.1) is 0 Å². The van der Waals surface area contributed by atoms with E-state index in [1.54, 1.807) is 10.9 Å². The van der Waals surface area contributed by atoms with Gasteiger partial charge in [-0.1, -0.05) is 48.5 Å². The van der Waals surface area contributed by atoms with Gasteiger partial charge in [-0.05, 0) is 11.6 Å². The van der Waals surface area contributed by atoms with E-state index in [1.165, 1.54) is 0 Å². The summed E-state index contributed by atoms with van der Waals surface area (Å²) < 4.78 is 1.69. The van der Waals surface area contributed by atoms with Crippen molar-refractivity contribution in [2.75, 3.05) is 0 Å². The lowest BCUT2D eigenvalue weighted by Crippen LogP contribution is -2.18. The highest BCUT2D eigenvalue weighted by molar-refractivity contribution is 6.05. The summed E-state index contributed by atoms with van der Waals surface area (Å²) in [5, 5.41) is 9.02. The van der Waals surface area contributed by atoms with E-state index in [0.29, 0.717) is 5.69 Å². The molecule has 21 heavy (non-hydrogen) atoms. The fourth-order valence-electron chi connectivity index (χ4n) is 2.14. The maximum absolute atomic E-state index is 12.2. The lowest BCUT2D eigenvalue weighted by Gasteiger charge is -1.96. The van der Waals surface area contributed by atoms with E-state index in [9.17, 15) is 4.79 Å². The highest BCUT2D eigenvalue weighted by Gasteiger charge is 2.14. The summed E-state index contributed by atoms with van der Waals surface area (Å²) in [7, 11) is 1.81. The van der Waals surface area contributed by atoms with E-state index in [1.807, 2.05) is 61.6 Å². The predicted molar refractivity (Wildman–Crippen MR) is 82.2 cm³/mol. The Morgan fingerprint density at radius 2 is 1.86 bits per heavy atom. The van der Waals surface area contributed by atoms with Gasteiger partial charge in [0.25, 0.3) is 5.91 Å². The number of aromatic nitrogens is 2. The van der Waals surface area contributed by atoms with Gasteiger partial charge in [0.2, 0.25) is 0 Å². The maximum Gasteiger partial charge on any atom is 0.292 e. The molecule has 0 radical (unpaired) electrons. The summed E-state index contributed by atoms with van der Waals surface area (Å²) in [5.41, 5.74) is 4.71. The molecule has 5 nitrogen and oxygen atoms in total. The molecule has 0 saturated carbocycles. The first-order valence-corrected chi connectivity index (χ1v) is 6.56. The average Bonchev–Trinajstić information content (AvgIpc) is 2.86. The van der Waals surface area contributed by atoms with Crippen molar-refractivity contribution in [3.8, 4) is 0 Å². The molecule has 2 aromatic carbocycles. The SMILES string of the molecule is Cn1nc(C(=O)N/N=C/c2ccccc2)c2ccccc21. The quantitative estimate of drug-likeness (QED) is 0.590. The average molecular weight is 278 g/mol. The minimum absolute atomic E-state index is 0.320. The van der Waals surface area contributed by atoms with Crippen molar-refractivity contribution >= 4 is 23.0 Å². The summed E-state index contributed by atoms with van der Waals surface area (Å²) in [4.78, 5) is 12.2. The smallest absolute Gasteiger partial charge is 0.267 e. The fourth-order valence-corrected chi connectivity index (χ4v) is 2.14. The van der Waals surface area contributed by atoms with E-state index in [2.05, 4.69) is 15.6 Å². The first kappa shape index (κ1) is 13.1. The second-order valence-electron chi connectivity index (χ2n) is 4.60. The number of rotatable bonds is 3. The van der Waals surface area contributed by atoms with Crippen LogP contribution in [0.2, 0.25) is 0 Å². The molecule has 1 aromatic heterocycles. The lowest BCUT2D eigenvalue weighted by atomic mass is 10.2.